The Labute approximate surface area is 273 Å². The maximum Gasteiger partial charge on any atom is 0.508 e. The lowest BCUT2D eigenvalue weighted by Gasteiger charge is -2.42. The van der Waals surface area contributed by atoms with Crippen LogP contribution in [0, 0.1) is 47.3 Å². The molecular formula is C39H74O5. The molecule has 0 saturated heterocycles. The number of ether oxygens (including phenoxy) is 2. The van der Waals surface area contributed by atoms with Gasteiger partial charge in [-0.3, -0.25) is 0 Å². The van der Waals surface area contributed by atoms with Gasteiger partial charge in [0.05, 0.1) is 0 Å². The van der Waals surface area contributed by atoms with E-state index in [1.54, 1.807) is 0 Å². The first kappa shape index (κ1) is 39.4. The van der Waals surface area contributed by atoms with E-state index >= 15 is 0 Å². The lowest BCUT2D eigenvalue weighted by atomic mass is 9.67. The second-order valence-electron chi connectivity index (χ2n) is 15.8. The van der Waals surface area contributed by atoms with Gasteiger partial charge < -0.3 is 19.7 Å². The lowest BCUT2D eigenvalue weighted by molar-refractivity contribution is -0.0724. The predicted octanol–water partition coefficient (Wildman–Crippen LogP) is 10.7. The van der Waals surface area contributed by atoms with Crippen molar-refractivity contribution in [3.8, 4) is 0 Å². The molecule has 0 spiro atoms. The van der Waals surface area contributed by atoms with Gasteiger partial charge in [-0.05, 0) is 112 Å². The standard InChI is InChI=1S/C39H74O5/c1-29(2)33-23-21-31(5)27-35(33)37(19-15-11-7-9-13-17-25-40)43-39(42)44-38(20-16-12-8-10-14-18-26-41)36-28-32(6)22-24-34(36)30(3)4/h29-38,40-41H,7-28H2,1-6H3. The molecule has 0 aromatic heterocycles. The Kier molecular flexibility index (Phi) is 20.3. The van der Waals surface area contributed by atoms with E-state index in [0.29, 0.717) is 47.3 Å². The molecule has 2 rings (SSSR count). The predicted molar refractivity (Wildman–Crippen MR) is 184 cm³/mol. The Morgan fingerprint density at radius 2 is 0.886 bits per heavy atom. The first-order chi connectivity index (χ1) is 21.2. The quantitative estimate of drug-likeness (QED) is 0.0928. The normalized spacial score (nSPS) is 27.4. The van der Waals surface area contributed by atoms with E-state index in [9.17, 15) is 4.79 Å². The fourth-order valence-electron chi connectivity index (χ4n) is 8.73. The number of hydrogen-bond donors (Lipinski definition) is 2. The maximum absolute atomic E-state index is 13.8. The molecule has 0 bridgehead atoms. The maximum atomic E-state index is 13.8. The van der Waals surface area contributed by atoms with Crippen LogP contribution in [0.15, 0.2) is 0 Å². The molecule has 260 valence electrons. The molecule has 44 heavy (non-hydrogen) atoms. The molecule has 0 aromatic carbocycles. The highest BCUT2D eigenvalue weighted by atomic mass is 16.7. The Morgan fingerprint density at radius 1 is 0.545 bits per heavy atom. The summed E-state index contributed by atoms with van der Waals surface area (Å²) in [5, 5.41) is 18.2. The number of rotatable bonds is 22. The van der Waals surface area contributed by atoms with Crippen LogP contribution < -0.4 is 0 Å². The third kappa shape index (κ3) is 14.7. The summed E-state index contributed by atoms with van der Waals surface area (Å²) in [5.41, 5.74) is 0. The summed E-state index contributed by atoms with van der Waals surface area (Å²) in [6.45, 7) is 14.7. The molecular weight excluding hydrogens is 548 g/mol. The van der Waals surface area contributed by atoms with Crippen LogP contribution in [0.25, 0.3) is 0 Å². The minimum atomic E-state index is -0.410. The van der Waals surface area contributed by atoms with Crippen molar-refractivity contribution in [1.29, 1.82) is 0 Å². The van der Waals surface area contributed by atoms with Crippen LogP contribution in [0.2, 0.25) is 0 Å². The molecule has 0 heterocycles. The highest BCUT2D eigenvalue weighted by Crippen LogP contribution is 2.44. The highest BCUT2D eigenvalue weighted by Gasteiger charge is 2.40. The van der Waals surface area contributed by atoms with Crippen LogP contribution >= 0.6 is 0 Å². The SMILES string of the molecule is CC1CCC(C(C)C)C(C(CCCCCCCCO)OC(=O)OC(CCCCCCCCO)C2CC(C)CCC2C(C)C)C1. The van der Waals surface area contributed by atoms with Crippen LogP contribution in [0.1, 0.15) is 170 Å². The van der Waals surface area contributed by atoms with Crippen LogP contribution in [0.4, 0.5) is 4.79 Å². The zero-order valence-electron chi connectivity index (χ0n) is 29.9. The number of carbonyl (C=O) groups excluding carboxylic acids is 1. The summed E-state index contributed by atoms with van der Waals surface area (Å²) in [7, 11) is 0. The monoisotopic (exact) mass is 623 g/mol. The molecule has 0 radical (unpaired) electrons. The van der Waals surface area contributed by atoms with Gasteiger partial charge in [0.2, 0.25) is 0 Å². The fourth-order valence-corrected chi connectivity index (χ4v) is 8.73. The summed E-state index contributed by atoms with van der Waals surface area (Å²) in [6, 6.07) is 0. The molecule has 0 aliphatic heterocycles. The fraction of sp³-hybridized carbons (Fsp3) is 0.974. The zero-order valence-corrected chi connectivity index (χ0v) is 29.9. The molecule has 8 unspecified atom stereocenters. The van der Waals surface area contributed by atoms with E-state index in [1.165, 1.54) is 51.4 Å². The molecule has 0 amide bonds. The van der Waals surface area contributed by atoms with E-state index in [-0.39, 0.29) is 25.4 Å². The van der Waals surface area contributed by atoms with Crippen molar-refractivity contribution in [2.24, 2.45) is 47.3 Å². The van der Waals surface area contributed by atoms with Gasteiger partial charge in [0.25, 0.3) is 0 Å². The molecule has 2 aliphatic rings. The minimum absolute atomic E-state index is 0.0616. The summed E-state index contributed by atoms with van der Waals surface area (Å²) in [6.07, 6.45) is 21.8. The van der Waals surface area contributed by atoms with Crippen molar-refractivity contribution in [2.45, 2.75) is 182 Å². The van der Waals surface area contributed by atoms with E-state index in [4.69, 9.17) is 19.7 Å². The van der Waals surface area contributed by atoms with Crippen molar-refractivity contribution in [2.75, 3.05) is 13.2 Å². The Bertz CT molecular complexity index is 665. The van der Waals surface area contributed by atoms with Gasteiger partial charge in [0.15, 0.2) is 0 Å². The number of hydrogen-bond acceptors (Lipinski definition) is 5. The molecule has 2 fully saturated rings. The molecule has 8 atom stereocenters. The van der Waals surface area contributed by atoms with Gasteiger partial charge in [-0.2, -0.15) is 0 Å². The van der Waals surface area contributed by atoms with Gasteiger partial charge in [0.1, 0.15) is 12.2 Å². The molecule has 2 N–H and O–H groups in total. The third-order valence-electron chi connectivity index (χ3n) is 11.4. The van der Waals surface area contributed by atoms with Gasteiger partial charge in [0, 0.05) is 13.2 Å². The van der Waals surface area contributed by atoms with Gasteiger partial charge in [-0.15, -0.1) is 0 Å². The summed E-state index contributed by atoms with van der Waals surface area (Å²) in [5.74, 6) is 4.56. The van der Waals surface area contributed by atoms with Crippen molar-refractivity contribution >= 4 is 6.16 Å². The van der Waals surface area contributed by atoms with E-state index < -0.39 is 6.16 Å². The van der Waals surface area contributed by atoms with E-state index in [1.807, 2.05) is 0 Å². The van der Waals surface area contributed by atoms with E-state index in [2.05, 4.69) is 41.5 Å². The van der Waals surface area contributed by atoms with Crippen LogP contribution in [-0.4, -0.2) is 41.8 Å². The molecule has 5 nitrogen and oxygen atoms in total. The van der Waals surface area contributed by atoms with Gasteiger partial charge in [-0.25, -0.2) is 4.79 Å². The Balaban J connectivity index is 2.12. The first-order valence-electron chi connectivity index (χ1n) is 19.3. The average Bonchev–Trinajstić information content (AvgIpc) is 2.98. The number of aliphatic hydroxyl groups excluding tert-OH is 2. The third-order valence-corrected chi connectivity index (χ3v) is 11.4. The smallest absolute Gasteiger partial charge is 0.431 e. The van der Waals surface area contributed by atoms with Crippen molar-refractivity contribution in [1.82, 2.24) is 0 Å². The zero-order chi connectivity index (χ0) is 32.3. The van der Waals surface area contributed by atoms with Gasteiger partial charge in [-0.1, -0.05) is 106 Å². The molecule has 2 aliphatic carbocycles. The summed E-state index contributed by atoms with van der Waals surface area (Å²) in [4.78, 5) is 13.8. The van der Waals surface area contributed by atoms with Crippen molar-refractivity contribution in [3.63, 3.8) is 0 Å². The number of carbonyl (C=O) groups is 1. The average molecular weight is 623 g/mol. The largest absolute Gasteiger partial charge is 0.508 e. The second-order valence-corrected chi connectivity index (χ2v) is 15.8. The Morgan fingerprint density at radius 3 is 1.23 bits per heavy atom. The highest BCUT2D eigenvalue weighted by molar-refractivity contribution is 5.60. The van der Waals surface area contributed by atoms with Crippen LogP contribution in [0.5, 0.6) is 0 Å². The molecule has 5 heteroatoms. The van der Waals surface area contributed by atoms with Crippen LogP contribution in [-0.2, 0) is 9.47 Å². The molecule has 2 saturated carbocycles. The van der Waals surface area contributed by atoms with E-state index in [0.717, 1.165) is 77.0 Å². The first-order valence-corrected chi connectivity index (χ1v) is 19.3. The molecule has 0 aromatic rings. The minimum Gasteiger partial charge on any atom is -0.431 e. The van der Waals surface area contributed by atoms with Crippen molar-refractivity contribution < 1.29 is 24.5 Å². The summed E-state index contributed by atoms with van der Waals surface area (Å²) < 4.78 is 12.9. The topological polar surface area (TPSA) is 76.0 Å². The Hall–Kier alpha value is -0.810. The van der Waals surface area contributed by atoms with Crippen molar-refractivity contribution in [3.05, 3.63) is 0 Å². The van der Waals surface area contributed by atoms with Gasteiger partial charge >= 0.3 is 6.16 Å². The summed E-state index contributed by atoms with van der Waals surface area (Å²) >= 11 is 0. The lowest BCUT2D eigenvalue weighted by Crippen LogP contribution is -2.41. The number of aliphatic hydroxyl groups is 2. The number of unbranched alkanes of at least 4 members (excludes halogenated alkanes) is 10. The van der Waals surface area contributed by atoms with Crippen LogP contribution in [0.3, 0.4) is 0 Å². The second kappa shape index (κ2) is 22.7.